The van der Waals surface area contributed by atoms with Crippen molar-refractivity contribution in [3.8, 4) is 0 Å². The number of rotatable bonds is 4. The van der Waals surface area contributed by atoms with Gasteiger partial charge < -0.3 is 0 Å². The van der Waals surface area contributed by atoms with Gasteiger partial charge in [0, 0.05) is 43.7 Å². The van der Waals surface area contributed by atoms with Crippen molar-refractivity contribution in [3.63, 3.8) is 0 Å². The van der Waals surface area contributed by atoms with Crippen molar-refractivity contribution in [1.82, 2.24) is 19.9 Å². The fraction of sp³-hybridized carbons (Fsp3) is 0.0641. The summed E-state index contributed by atoms with van der Waals surface area (Å²) in [6.07, 6.45) is 12.7. The topological polar surface area (TPSA) is 41.9 Å². The highest BCUT2D eigenvalue weighted by atomic mass is 15.3. The molecule has 28 aromatic carbocycles. The van der Waals surface area contributed by atoms with Gasteiger partial charge in [-0.2, -0.15) is 0 Å². The number of pyridine rings is 3. The second kappa shape index (κ2) is 7.85. The molecule has 0 radical (unpaired) electrons. The second-order valence-corrected chi connectivity index (χ2v) is 28.8. The van der Waals surface area contributed by atoms with Crippen LogP contribution in [-0.2, 0) is 17.4 Å². The SMILES string of the molecule is c1cncc([C@@H]2N(Cc3ccncc3)[C@@H](c3ccncc3)C34c5c6c7c8c9c%10c(c%11c%12c3c3c5c5c%13c6c6c7c7c9c9c%14c%10c%10c%11c%11c%12c%12c3c3c5c5c%13c%13c6c6c7c9c7c9c%14c%10c%10c%11c%11c%12c3c3c5c5c%13c6c7c6c9c%10c%11c3c56)C824)c1. The Balaban J connectivity index is 1.05. The molecular weight excluding hydrogens is 993 g/mol. The number of aromatic nitrogens is 3. The minimum atomic E-state index is -0.553. The summed E-state index contributed by atoms with van der Waals surface area (Å²) in [7, 11) is 0. The van der Waals surface area contributed by atoms with Crippen molar-refractivity contribution >= 4 is 291 Å². The van der Waals surface area contributed by atoms with Gasteiger partial charge in [-0.3, -0.25) is 19.9 Å². The molecule has 0 unspecified atom stereocenters. The number of likely N-dealkylation sites (tertiary alicyclic amines) is 1. The van der Waals surface area contributed by atoms with Gasteiger partial charge in [0.15, 0.2) is 0 Å². The van der Waals surface area contributed by atoms with E-state index >= 15 is 0 Å². The van der Waals surface area contributed by atoms with Crippen molar-refractivity contribution in [3.05, 3.63) is 113 Å². The molecule has 2 spiro atoms. The molecule has 1 fully saturated rings. The first-order valence-corrected chi connectivity index (χ1v) is 30.1. The number of hydrogen-bond donors (Lipinski definition) is 0. The van der Waals surface area contributed by atoms with E-state index in [9.17, 15) is 0 Å². The summed E-state index contributed by atoms with van der Waals surface area (Å²) in [5.74, 6) is 0. The number of hydrogen-bond acceptors (Lipinski definition) is 4. The van der Waals surface area contributed by atoms with Crippen LogP contribution >= 0.6 is 0 Å². The van der Waals surface area contributed by atoms with E-state index in [0.29, 0.717) is 0 Å². The fourth-order valence-corrected chi connectivity index (χ4v) is 27.8. The molecule has 82 heavy (non-hydrogen) atoms. The molecule has 4 heterocycles. The lowest BCUT2D eigenvalue weighted by Gasteiger charge is -2.53. The van der Waals surface area contributed by atoms with Crippen LogP contribution in [0.5, 0.6) is 0 Å². The van der Waals surface area contributed by atoms with E-state index in [0.717, 1.165) is 6.54 Å². The quantitative estimate of drug-likeness (QED) is 0.165. The third-order valence-electron chi connectivity index (χ3n) is 28.1. The Labute approximate surface area is 450 Å². The molecule has 0 N–H and O–H groups in total. The molecular formula is C78H16N4. The van der Waals surface area contributed by atoms with Crippen molar-refractivity contribution in [1.29, 1.82) is 0 Å². The van der Waals surface area contributed by atoms with Crippen LogP contribution < -0.4 is 0 Å². The van der Waals surface area contributed by atoms with E-state index in [2.05, 4.69) is 64.9 Å². The zero-order chi connectivity index (χ0) is 49.3. The predicted octanol–water partition coefficient (Wildman–Crippen LogP) is 19.5. The Kier molecular flexibility index (Phi) is 3.09. The molecule has 5 aliphatic rings. The summed E-state index contributed by atoms with van der Waals surface area (Å²) < 4.78 is 0. The van der Waals surface area contributed by atoms with Gasteiger partial charge in [0.05, 0.1) is 22.9 Å². The van der Waals surface area contributed by atoms with E-state index in [1.54, 1.807) is 313 Å². The van der Waals surface area contributed by atoms with Gasteiger partial charge in [-0.1, -0.05) is 6.07 Å². The molecule has 1 aliphatic heterocycles. The van der Waals surface area contributed by atoms with Crippen LogP contribution in [0.4, 0.5) is 0 Å². The Hall–Kier alpha value is -10.1. The van der Waals surface area contributed by atoms with Crippen LogP contribution in [0.2, 0.25) is 0 Å². The maximum absolute atomic E-state index is 5.26. The standard InChI is InChI=1S/C78H16N4/c1-2-16(12-81-7-1)76-78-73-65-57-47-37-29-21-18-17-19-23-25(21)33-39-31(23)41-35-27(19)28-20(17)24-26-22(18)30(29)38-44-34(26)40-32(24)42-36(28)46-45(35)55-49(41)59-53(39)61(51(57)43(33)37)69(73)67(59)71-63(55)64-56(46)50(42)60-54(40)62-52(44)58(48(38)47)66(65)74(78)70(62)68(60)72(64)77(71,78)75(15-5-10-80-11-6-15)82(76)13-14-3-8-79-9-4-14/h1-12,75-76H,13H2/t75-,76-,77?,78?/m0/s1. The van der Waals surface area contributed by atoms with E-state index in [-0.39, 0.29) is 12.1 Å². The smallest absolute Gasteiger partial charge is 0.0582 e. The van der Waals surface area contributed by atoms with Crippen LogP contribution in [0.25, 0.3) is 291 Å². The molecule has 4 aliphatic carbocycles. The van der Waals surface area contributed by atoms with Crippen molar-refractivity contribution < 1.29 is 0 Å². The zero-order valence-electron chi connectivity index (χ0n) is 42.1. The summed E-state index contributed by atoms with van der Waals surface area (Å²) in [4.78, 5) is 18.0. The summed E-state index contributed by atoms with van der Waals surface area (Å²) in [5.41, 5.74) is 9.69. The zero-order valence-corrected chi connectivity index (χ0v) is 42.1. The molecule has 0 bridgehead atoms. The molecule has 4 heteroatoms. The van der Waals surface area contributed by atoms with Crippen LogP contribution in [0.15, 0.2) is 73.6 Å². The van der Waals surface area contributed by atoms with Crippen molar-refractivity contribution in [2.24, 2.45) is 0 Å². The minimum absolute atomic E-state index is 0.0652. The van der Waals surface area contributed by atoms with Gasteiger partial charge >= 0.3 is 0 Å². The highest BCUT2D eigenvalue weighted by Gasteiger charge is 2.79. The first-order valence-electron chi connectivity index (χ1n) is 30.1. The highest BCUT2D eigenvalue weighted by Crippen LogP contribution is 2.89. The van der Waals surface area contributed by atoms with E-state index in [1.807, 2.05) is 18.6 Å². The third-order valence-corrected chi connectivity index (χ3v) is 28.1. The normalized spacial score (nSPS) is 23.0. The van der Waals surface area contributed by atoms with E-state index in [4.69, 9.17) is 9.97 Å². The monoisotopic (exact) mass is 1010 g/mol. The molecule has 2 atom stereocenters. The largest absolute Gasteiger partial charge is 0.282 e. The predicted molar refractivity (Wildman–Crippen MR) is 338 cm³/mol. The summed E-state index contributed by atoms with van der Waals surface area (Å²) in [6.45, 7) is 0.779. The summed E-state index contributed by atoms with van der Waals surface area (Å²) in [6, 6.07) is 14.2. The lowest BCUT2D eigenvalue weighted by Crippen LogP contribution is -2.52. The van der Waals surface area contributed by atoms with Gasteiger partial charge in [0.25, 0.3) is 0 Å². The molecule has 36 rings (SSSR count). The van der Waals surface area contributed by atoms with Gasteiger partial charge in [0.1, 0.15) is 0 Å². The van der Waals surface area contributed by atoms with E-state index in [1.165, 1.54) is 16.7 Å². The molecule has 0 saturated carbocycles. The van der Waals surface area contributed by atoms with Gasteiger partial charge in [0.2, 0.25) is 0 Å². The highest BCUT2D eigenvalue weighted by molar-refractivity contribution is 6.82. The second-order valence-electron chi connectivity index (χ2n) is 28.8. The summed E-state index contributed by atoms with van der Waals surface area (Å²) in [5, 5.41) is 88.0. The van der Waals surface area contributed by atoms with Gasteiger partial charge in [-0.05, 0) is 360 Å². The molecule has 4 nitrogen and oxygen atoms in total. The minimum Gasteiger partial charge on any atom is -0.282 e. The lowest BCUT2D eigenvalue weighted by atomic mass is 9.45. The summed E-state index contributed by atoms with van der Waals surface area (Å²) >= 11 is 0. The number of benzene rings is 18. The fourth-order valence-electron chi connectivity index (χ4n) is 27.8. The average Bonchev–Trinajstić information content (AvgIpc) is 1.38. The van der Waals surface area contributed by atoms with Gasteiger partial charge in [-0.15, -0.1) is 0 Å². The number of nitrogens with zero attached hydrogens (tertiary/aromatic N) is 4. The Morgan fingerprint density at radius 2 is 0.476 bits per heavy atom. The van der Waals surface area contributed by atoms with Crippen LogP contribution in [-0.4, -0.2) is 19.9 Å². The Morgan fingerprint density at radius 3 is 0.720 bits per heavy atom. The molecule has 3 aromatic heterocycles. The maximum Gasteiger partial charge on any atom is 0.0582 e. The van der Waals surface area contributed by atoms with Crippen LogP contribution in [0, 0.1) is 0 Å². The first-order chi connectivity index (χ1) is 40.9. The Bertz CT molecular complexity index is 7530. The van der Waals surface area contributed by atoms with E-state index < -0.39 is 10.8 Å². The molecule has 31 aromatic rings. The van der Waals surface area contributed by atoms with Crippen LogP contribution in [0.3, 0.4) is 0 Å². The maximum atomic E-state index is 5.26. The Morgan fingerprint density at radius 1 is 0.244 bits per heavy atom. The van der Waals surface area contributed by atoms with Crippen molar-refractivity contribution in [2.45, 2.75) is 29.5 Å². The first kappa shape index (κ1) is 32.2. The van der Waals surface area contributed by atoms with Crippen LogP contribution in [0.1, 0.15) is 51.0 Å². The molecule has 348 valence electrons. The van der Waals surface area contributed by atoms with Crippen molar-refractivity contribution in [2.75, 3.05) is 0 Å². The lowest BCUT2D eigenvalue weighted by molar-refractivity contribution is 0.165. The van der Waals surface area contributed by atoms with Gasteiger partial charge in [-0.25, -0.2) is 0 Å². The molecule has 1 saturated heterocycles. The average molecular weight is 1010 g/mol. The molecule has 0 amide bonds. The third kappa shape index (κ3) is 1.89.